The van der Waals surface area contributed by atoms with Crippen LogP contribution >= 0.6 is 0 Å². The second-order valence-electron chi connectivity index (χ2n) is 11.2. The third-order valence-corrected chi connectivity index (χ3v) is 7.02. The summed E-state index contributed by atoms with van der Waals surface area (Å²) < 4.78 is 20.6. The molecule has 206 valence electrons. The molecule has 37 heavy (non-hydrogen) atoms. The van der Waals surface area contributed by atoms with Gasteiger partial charge in [-0.25, -0.2) is 9.18 Å². The van der Waals surface area contributed by atoms with Crippen LogP contribution in [-0.2, 0) is 20.7 Å². The van der Waals surface area contributed by atoms with Gasteiger partial charge in [0.2, 0.25) is 11.8 Å². The lowest BCUT2D eigenvalue weighted by Gasteiger charge is -2.34. The van der Waals surface area contributed by atoms with E-state index < -0.39 is 41.4 Å². The fraction of sp³-hybridized carbons (Fsp3) is 0.667. The van der Waals surface area contributed by atoms with E-state index in [1.807, 2.05) is 13.0 Å². The van der Waals surface area contributed by atoms with Crippen LogP contribution in [0.15, 0.2) is 18.2 Å². The van der Waals surface area contributed by atoms with E-state index in [1.165, 1.54) is 11.0 Å². The van der Waals surface area contributed by atoms with Crippen molar-refractivity contribution in [1.29, 1.82) is 0 Å². The van der Waals surface area contributed by atoms with Gasteiger partial charge in [0, 0.05) is 44.3 Å². The summed E-state index contributed by atoms with van der Waals surface area (Å²) >= 11 is 0. The number of hydrogen-bond donors (Lipinski definition) is 2. The number of anilines is 1. The highest BCUT2D eigenvalue weighted by Crippen LogP contribution is 2.30. The minimum atomic E-state index is -1.11. The molecule has 3 atom stereocenters. The van der Waals surface area contributed by atoms with Crippen LogP contribution in [0.5, 0.6) is 0 Å². The van der Waals surface area contributed by atoms with E-state index in [4.69, 9.17) is 10.5 Å². The Balaban J connectivity index is 1.71. The highest BCUT2D eigenvalue weighted by Gasteiger charge is 2.43. The maximum Gasteiger partial charge on any atom is 0.411 e. The van der Waals surface area contributed by atoms with Crippen molar-refractivity contribution in [2.75, 3.05) is 38.1 Å². The molecule has 0 saturated carbocycles. The van der Waals surface area contributed by atoms with Crippen molar-refractivity contribution in [3.05, 3.63) is 29.6 Å². The molecule has 0 unspecified atom stereocenters. The number of rotatable bonds is 8. The smallest absolute Gasteiger partial charge is 0.411 e. The maximum absolute atomic E-state index is 15.0. The van der Waals surface area contributed by atoms with E-state index in [2.05, 4.69) is 22.2 Å². The molecular formula is C27H42FN5O4. The second kappa shape index (κ2) is 12.1. The summed E-state index contributed by atoms with van der Waals surface area (Å²) in [6.07, 6.45) is 2.08. The Bertz CT molecular complexity index is 974. The van der Waals surface area contributed by atoms with Crippen LogP contribution in [0, 0.1) is 5.82 Å². The number of benzene rings is 1. The molecule has 0 aromatic heterocycles. The molecule has 9 nitrogen and oxygen atoms in total. The Hall–Kier alpha value is -2.88. The predicted octanol–water partition coefficient (Wildman–Crippen LogP) is 2.66. The molecule has 10 heteroatoms. The van der Waals surface area contributed by atoms with Gasteiger partial charge in [-0.2, -0.15) is 0 Å². The molecule has 0 spiro atoms. The number of primary amides is 1. The molecule has 1 aromatic rings. The lowest BCUT2D eigenvalue weighted by atomic mass is 10.0. The van der Waals surface area contributed by atoms with Gasteiger partial charge in [0.15, 0.2) is 0 Å². The Morgan fingerprint density at radius 1 is 1.16 bits per heavy atom. The molecule has 3 amide bonds. The van der Waals surface area contributed by atoms with Gasteiger partial charge in [-0.15, -0.1) is 0 Å². The minimum Gasteiger partial charge on any atom is -0.444 e. The monoisotopic (exact) mass is 519 g/mol. The van der Waals surface area contributed by atoms with E-state index in [0.29, 0.717) is 18.4 Å². The first-order valence-electron chi connectivity index (χ1n) is 13.2. The summed E-state index contributed by atoms with van der Waals surface area (Å²) in [6, 6.07) is 2.93. The first kappa shape index (κ1) is 28.7. The summed E-state index contributed by atoms with van der Waals surface area (Å²) in [4.78, 5) is 44.3. The van der Waals surface area contributed by atoms with E-state index in [1.54, 1.807) is 26.8 Å². The van der Waals surface area contributed by atoms with Gasteiger partial charge in [-0.1, -0.05) is 19.4 Å². The van der Waals surface area contributed by atoms with E-state index in [0.717, 1.165) is 44.7 Å². The van der Waals surface area contributed by atoms with Crippen molar-refractivity contribution < 1.29 is 23.5 Å². The average molecular weight is 520 g/mol. The average Bonchev–Trinajstić information content (AvgIpc) is 3.23. The molecule has 0 radical (unpaired) electrons. The molecule has 0 aliphatic carbocycles. The predicted molar refractivity (Wildman–Crippen MR) is 141 cm³/mol. The zero-order valence-electron chi connectivity index (χ0n) is 22.8. The molecule has 3 rings (SSSR count). The number of hydrogen-bond acceptors (Lipinski definition) is 6. The van der Waals surface area contributed by atoms with Crippen LogP contribution in [0.25, 0.3) is 0 Å². The van der Waals surface area contributed by atoms with Crippen molar-refractivity contribution in [2.24, 2.45) is 5.73 Å². The van der Waals surface area contributed by atoms with Crippen molar-refractivity contribution in [1.82, 2.24) is 15.1 Å². The van der Waals surface area contributed by atoms with Crippen LogP contribution in [0.2, 0.25) is 0 Å². The van der Waals surface area contributed by atoms with Crippen molar-refractivity contribution in [2.45, 2.75) is 83.5 Å². The zero-order valence-corrected chi connectivity index (χ0v) is 22.8. The molecule has 3 N–H and O–H groups in total. The number of likely N-dealkylation sites (tertiary alicyclic amines) is 1. The molecule has 2 aliphatic heterocycles. The fourth-order valence-corrected chi connectivity index (χ4v) is 5.02. The van der Waals surface area contributed by atoms with Gasteiger partial charge in [-0.3, -0.25) is 14.5 Å². The van der Waals surface area contributed by atoms with Crippen LogP contribution in [0.1, 0.15) is 58.9 Å². The van der Waals surface area contributed by atoms with E-state index >= 15 is 4.39 Å². The second-order valence-corrected chi connectivity index (χ2v) is 11.2. The quantitative estimate of drug-likeness (QED) is 0.547. The van der Waals surface area contributed by atoms with Gasteiger partial charge in [-0.05, 0) is 64.8 Å². The number of nitrogens with zero attached hydrogens (tertiary/aromatic N) is 3. The summed E-state index contributed by atoms with van der Waals surface area (Å²) in [5.41, 5.74) is 5.97. The zero-order chi connectivity index (χ0) is 27.3. The lowest BCUT2D eigenvalue weighted by Crippen LogP contribution is -2.55. The third kappa shape index (κ3) is 7.56. The standard InChI is InChI=1S/C27H42FN5O4/c1-6-7-19-10-11-23(33(19)26(36)37-27(2,3)4)25(35)30-22(24(29)34)16-18-8-9-20(17-21(18)28)32-14-12-31(5)13-15-32/h8-9,17,19,22-23H,6-7,10-16H2,1-5H3,(H2,29,34)(H,30,35)/t19-,22+,23+/m1/s1. The summed E-state index contributed by atoms with van der Waals surface area (Å²) in [5, 5.41) is 2.68. The summed E-state index contributed by atoms with van der Waals surface area (Å²) in [6.45, 7) is 10.8. The van der Waals surface area contributed by atoms with Gasteiger partial charge in [0.05, 0.1) is 0 Å². The van der Waals surface area contributed by atoms with E-state index in [9.17, 15) is 14.4 Å². The molecule has 2 aliphatic rings. The maximum atomic E-state index is 15.0. The lowest BCUT2D eigenvalue weighted by molar-refractivity contribution is -0.130. The Morgan fingerprint density at radius 2 is 1.84 bits per heavy atom. The third-order valence-electron chi connectivity index (χ3n) is 7.02. The minimum absolute atomic E-state index is 0.0759. The first-order chi connectivity index (χ1) is 17.4. The number of piperazine rings is 1. The molecule has 0 bridgehead atoms. The molecule has 2 saturated heterocycles. The van der Waals surface area contributed by atoms with Crippen LogP contribution < -0.4 is 16.0 Å². The highest BCUT2D eigenvalue weighted by molar-refractivity contribution is 5.91. The number of carbonyl (C=O) groups excluding carboxylic acids is 3. The number of amides is 3. The first-order valence-corrected chi connectivity index (χ1v) is 13.2. The number of nitrogens with one attached hydrogen (secondary N) is 1. The fourth-order valence-electron chi connectivity index (χ4n) is 5.02. The van der Waals surface area contributed by atoms with Gasteiger partial charge in [0.1, 0.15) is 23.5 Å². The molecule has 2 heterocycles. The topological polar surface area (TPSA) is 108 Å². The van der Waals surface area contributed by atoms with Crippen LogP contribution in [0.4, 0.5) is 14.9 Å². The Kier molecular flexibility index (Phi) is 9.39. The van der Waals surface area contributed by atoms with Crippen LogP contribution in [0.3, 0.4) is 0 Å². The number of ether oxygens (including phenoxy) is 1. The summed E-state index contributed by atoms with van der Waals surface area (Å²) in [5.74, 6) is -1.69. The Labute approximate surface area is 219 Å². The molecule has 1 aromatic carbocycles. The van der Waals surface area contributed by atoms with E-state index in [-0.39, 0.29) is 12.5 Å². The summed E-state index contributed by atoms with van der Waals surface area (Å²) in [7, 11) is 2.06. The van der Waals surface area contributed by atoms with Crippen molar-refractivity contribution in [3.63, 3.8) is 0 Å². The number of likely N-dealkylation sites (N-methyl/N-ethyl adjacent to an activating group) is 1. The van der Waals surface area contributed by atoms with Crippen molar-refractivity contribution in [3.8, 4) is 0 Å². The SMILES string of the molecule is CCC[C@@H]1CC[C@@H](C(=O)N[C@@H](Cc2ccc(N3CCN(C)CC3)cc2F)C(N)=O)N1C(=O)OC(C)(C)C. The van der Waals surface area contributed by atoms with Crippen molar-refractivity contribution >= 4 is 23.6 Å². The van der Waals surface area contributed by atoms with Gasteiger partial charge >= 0.3 is 6.09 Å². The highest BCUT2D eigenvalue weighted by atomic mass is 19.1. The normalized spacial score (nSPS) is 21.6. The Morgan fingerprint density at radius 3 is 2.41 bits per heavy atom. The van der Waals surface area contributed by atoms with Gasteiger partial charge < -0.3 is 25.6 Å². The van der Waals surface area contributed by atoms with Crippen LogP contribution in [-0.4, -0.2) is 84.7 Å². The number of halogens is 1. The molecular weight excluding hydrogens is 477 g/mol. The number of carbonyl (C=O) groups is 3. The molecule has 2 fully saturated rings. The number of nitrogens with two attached hydrogens (primary N) is 1. The largest absolute Gasteiger partial charge is 0.444 e. The van der Waals surface area contributed by atoms with Gasteiger partial charge in [0.25, 0.3) is 0 Å².